The predicted octanol–water partition coefficient (Wildman–Crippen LogP) is 5.85. The molecular weight excluding hydrogens is 350 g/mol. The molecule has 0 aliphatic heterocycles. The zero-order valence-electron chi connectivity index (χ0n) is 15.6. The second-order valence-corrected chi connectivity index (χ2v) is 6.61. The maximum atomic E-state index is 12.1. The van der Waals surface area contributed by atoms with Crippen LogP contribution in [0.5, 0.6) is 17.2 Å². The van der Waals surface area contributed by atoms with E-state index in [1.807, 2.05) is 66.7 Å². The average molecular weight is 370 g/mol. The molecule has 28 heavy (non-hydrogen) atoms. The Labute approximate surface area is 164 Å². The van der Waals surface area contributed by atoms with Crippen molar-refractivity contribution in [2.24, 2.45) is 0 Å². The van der Waals surface area contributed by atoms with E-state index in [0.29, 0.717) is 23.7 Å². The van der Waals surface area contributed by atoms with Gasteiger partial charge < -0.3 is 9.47 Å². The Kier molecular flexibility index (Phi) is 5.11. The van der Waals surface area contributed by atoms with Crippen LogP contribution in [0.4, 0.5) is 0 Å². The first kappa shape index (κ1) is 17.9. The van der Waals surface area contributed by atoms with Crippen LogP contribution in [0, 0.1) is 6.92 Å². The van der Waals surface area contributed by atoms with Gasteiger partial charge in [-0.15, -0.1) is 0 Å². The summed E-state index contributed by atoms with van der Waals surface area (Å²) in [6.07, 6.45) is 0. The lowest BCUT2D eigenvalue weighted by Gasteiger charge is -2.10. The minimum Gasteiger partial charge on any atom is -0.489 e. The molecule has 3 aromatic carbocycles. The molecule has 0 bridgehead atoms. The molecule has 0 aliphatic rings. The lowest BCUT2D eigenvalue weighted by molar-refractivity contribution is 0.278. The van der Waals surface area contributed by atoms with Crippen LogP contribution in [0.25, 0.3) is 10.9 Å². The summed E-state index contributed by atoms with van der Waals surface area (Å²) in [6, 6.07) is 24.9. The molecule has 4 rings (SSSR count). The van der Waals surface area contributed by atoms with Gasteiger partial charge in [0.25, 0.3) is 0 Å². The quantitative estimate of drug-likeness (QED) is 0.428. The second-order valence-electron chi connectivity index (χ2n) is 6.61. The van der Waals surface area contributed by atoms with E-state index in [0.717, 1.165) is 22.2 Å². The number of fused-ring (bicyclic) bond motifs is 1. The van der Waals surface area contributed by atoms with Crippen LogP contribution < -0.4 is 9.47 Å². The number of aromatic nitrogens is 1. The summed E-state index contributed by atoms with van der Waals surface area (Å²) < 4.78 is 11.7. The van der Waals surface area contributed by atoms with Gasteiger partial charge in [-0.25, -0.2) is 4.98 Å². The lowest BCUT2D eigenvalue weighted by atomic mass is 10.1. The Morgan fingerprint density at radius 1 is 0.786 bits per heavy atom. The molecule has 1 heterocycles. The first-order valence-electron chi connectivity index (χ1n) is 9.15. The van der Waals surface area contributed by atoms with E-state index in [2.05, 4.69) is 4.98 Å². The van der Waals surface area contributed by atoms with Crippen LogP contribution in [0.2, 0.25) is 0 Å². The van der Waals surface area contributed by atoms with Crippen LogP contribution in [-0.4, -0.2) is 4.98 Å². The summed E-state index contributed by atoms with van der Waals surface area (Å²) >= 11 is 0. The third kappa shape index (κ3) is 4.07. The summed E-state index contributed by atoms with van der Waals surface area (Å²) in [5, 5.41) is 13.2. The molecule has 0 N–H and O–H groups in total. The van der Waals surface area contributed by atoms with Crippen molar-refractivity contribution in [2.75, 3.05) is 0 Å². The highest BCUT2D eigenvalue weighted by atomic mass is 16.5. The first-order chi connectivity index (χ1) is 13.7. The molecule has 139 valence electrons. The monoisotopic (exact) mass is 370 g/mol. The number of para-hydroxylation sites is 2. The first-order valence-corrected chi connectivity index (χ1v) is 9.15. The number of hydrogen-bond acceptors (Lipinski definition) is 3. The van der Waals surface area contributed by atoms with Gasteiger partial charge in [0, 0.05) is 17.0 Å². The molecule has 4 heteroatoms. The van der Waals surface area contributed by atoms with Crippen LogP contribution >= 0.6 is 0 Å². The van der Waals surface area contributed by atoms with Crippen molar-refractivity contribution in [3.8, 4) is 17.2 Å². The summed E-state index contributed by atoms with van der Waals surface area (Å²) in [4.78, 5) is 4.62. The average Bonchev–Trinajstić information content (AvgIpc) is 2.73. The zero-order chi connectivity index (χ0) is 19.3. The van der Waals surface area contributed by atoms with Crippen LogP contribution in [0.1, 0.15) is 16.8 Å². The minimum atomic E-state index is 0.0253. The molecule has 1 radical (unpaired) electrons. The van der Waals surface area contributed by atoms with Crippen molar-refractivity contribution in [3.05, 3.63) is 95.7 Å². The maximum absolute atomic E-state index is 12.1. The molecule has 0 atom stereocenters. The SMILES string of the molecule is Cc1cccc(COc2cccc(OCc3ccc4ccccc4n3)c2)c1[O]. The van der Waals surface area contributed by atoms with Crippen molar-refractivity contribution < 1.29 is 14.6 Å². The molecular formula is C24H20NO3. The number of rotatable bonds is 6. The standard InChI is InChI=1S/C24H20NO3/c1-17-6-4-8-19(24(17)26)15-27-21-9-5-10-22(14-21)28-16-20-13-12-18-7-2-3-11-23(18)25-20/h2-14H,15-16H2,1H3. The van der Waals surface area contributed by atoms with E-state index in [1.54, 1.807) is 19.1 Å². The van der Waals surface area contributed by atoms with Crippen molar-refractivity contribution in [1.29, 1.82) is 0 Å². The van der Waals surface area contributed by atoms with E-state index in [4.69, 9.17) is 9.47 Å². The van der Waals surface area contributed by atoms with E-state index in [1.165, 1.54) is 0 Å². The fourth-order valence-corrected chi connectivity index (χ4v) is 2.99. The molecule has 0 saturated heterocycles. The van der Waals surface area contributed by atoms with Gasteiger partial charge in [0.05, 0.1) is 11.2 Å². The minimum absolute atomic E-state index is 0.0253. The zero-order valence-corrected chi connectivity index (χ0v) is 15.6. The van der Waals surface area contributed by atoms with Crippen LogP contribution in [0.3, 0.4) is 0 Å². The lowest BCUT2D eigenvalue weighted by Crippen LogP contribution is -1.99. The number of pyridine rings is 1. The van der Waals surface area contributed by atoms with Crippen LogP contribution in [0.15, 0.2) is 78.9 Å². The van der Waals surface area contributed by atoms with Gasteiger partial charge in [0.15, 0.2) is 5.75 Å². The van der Waals surface area contributed by atoms with E-state index < -0.39 is 0 Å². The third-order valence-corrected chi connectivity index (χ3v) is 4.54. The summed E-state index contributed by atoms with van der Waals surface area (Å²) in [7, 11) is 0. The smallest absolute Gasteiger partial charge is 0.188 e. The predicted molar refractivity (Wildman–Crippen MR) is 108 cm³/mol. The third-order valence-electron chi connectivity index (χ3n) is 4.54. The molecule has 0 aliphatic carbocycles. The van der Waals surface area contributed by atoms with Gasteiger partial charge in [0.1, 0.15) is 24.7 Å². The Morgan fingerprint density at radius 3 is 2.39 bits per heavy atom. The van der Waals surface area contributed by atoms with Crippen molar-refractivity contribution >= 4 is 10.9 Å². The molecule has 0 amide bonds. The fourth-order valence-electron chi connectivity index (χ4n) is 2.99. The second kappa shape index (κ2) is 8.01. The van der Waals surface area contributed by atoms with Gasteiger partial charge in [-0.2, -0.15) is 0 Å². The number of ether oxygens (including phenoxy) is 2. The van der Waals surface area contributed by atoms with Gasteiger partial charge in [0.2, 0.25) is 0 Å². The Balaban J connectivity index is 1.41. The molecule has 4 nitrogen and oxygen atoms in total. The number of aryl methyl sites for hydroxylation is 1. The number of benzene rings is 3. The largest absolute Gasteiger partial charge is 0.489 e. The van der Waals surface area contributed by atoms with Gasteiger partial charge >= 0.3 is 0 Å². The van der Waals surface area contributed by atoms with Gasteiger partial charge in [-0.1, -0.05) is 48.5 Å². The summed E-state index contributed by atoms with van der Waals surface area (Å²) in [5.41, 5.74) is 3.18. The molecule has 1 aromatic heterocycles. The summed E-state index contributed by atoms with van der Waals surface area (Å²) in [5.74, 6) is 1.38. The highest BCUT2D eigenvalue weighted by Gasteiger charge is 2.07. The number of hydrogen-bond donors (Lipinski definition) is 0. The molecule has 4 aromatic rings. The number of nitrogens with zero attached hydrogens (tertiary/aromatic N) is 1. The summed E-state index contributed by atoms with van der Waals surface area (Å²) in [6.45, 7) is 2.41. The van der Waals surface area contributed by atoms with Crippen LogP contribution in [-0.2, 0) is 18.3 Å². The normalized spacial score (nSPS) is 10.8. The molecule has 0 fully saturated rings. The van der Waals surface area contributed by atoms with E-state index in [-0.39, 0.29) is 12.4 Å². The van der Waals surface area contributed by atoms with Gasteiger partial charge in [-0.3, -0.25) is 5.11 Å². The van der Waals surface area contributed by atoms with Crippen molar-refractivity contribution in [3.63, 3.8) is 0 Å². The Hall–Kier alpha value is -3.53. The molecule has 0 saturated carbocycles. The highest BCUT2D eigenvalue weighted by Crippen LogP contribution is 2.26. The Morgan fingerprint density at radius 2 is 1.54 bits per heavy atom. The highest BCUT2D eigenvalue weighted by molar-refractivity contribution is 5.78. The van der Waals surface area contributed by atoms with E-state index in [9.17, 15) is 5.11 Å². The Bertz CT molecular complexity index is 1110. The van der Waals surface area contributed by atoms with E-state index >= 15 is 0 Å². The topological polar surface area (TPSA) is 51.2 Å². The van der Waals surface area contributed by atoms with Crippen molar-refractivity contribution in [1.82, 2.24) is 4.98 Å². The molecule has 0 unspecified atom stereocenters. The fraction of sp³-hybridized carbons (Fsp3) is 0.125. The van der Waals surface area contributed by atoms with Crippen molar-refractivity contribution in [2.45, 2.75) is 20.1 Å². The van der Waals surface area contributed by atoms with Gasteiger partial charge in [-0.05, 0) is 36.8 Å². The maximum Gasteiger partial charge on any atom is 0.188 e. The molecule has 0 spiro atoms.